The Morgan fingerprint density at radius 2 is 1.48 bits per heavy atom. The van der Waals surface area contributed by atoms with Gasteiger partial charge in [-0.25, -0.2) is 13.2 Å². The second-order valence-electron chi connectivity index (χ2n) is 8.94. The number of carbonyl (C=O) groups excluding carboxylic acids is 2. The maximum atomic E-state index is 12.8. The summed E-state index contributed by atoms with van der Waals surface area (Å²) >= 11 is 0. The molecule has 0 aromatic heterocycles. The minimum absolute atomic E-state index is 0.0705. The molecule has 2 rings (SSSR count). The van der Waals surface area contributed by atoms with Crippen LogP contribution in [0.3, 0.4) is 0 Å². The summed E-state index contributed by atoms with van der Waals surface area (Å²) in [6.45, 7) is 8.95. The lowest BCUT2D eigenvalue weighted by Crippen LogP contribution is -2.46. The van der Waals surface area contributed by atoms with Crippen molar-refractivity contribution < 1.29 is 22.7 Å². The number of carbonyl (C=O) groups is 2. The zero-order chi connectivity index (χ0) is 23.2. The molecule has 0 radical (unpaired) electrons. The molecule has 0 aliphatic carbocycles. The molecule has 6 nitrogen and oxygen atoms in total. The first-order chi connectivity index (χ1) is 14.4. The first-order valence-corrected chi connectivity index (χ1v) is 11.9. The normalized spacial score (nSPS) is 13.0. The third-order valence-corrected chi connectivity index (χ3v) is 6.09. The van der Waals surface area contributed by atoms with Gasteiger partial charge in [-0.15, -0.1) is 0 Å². The average molecular weight is 446 g/mol. The average Bonchev–Trinajstić information content (AvgIpc) is 2.66. The zero-order valence-corrected chi connectivity index (χ0v) is 19.5. The minimum Gasteiger partial charge on any atom is -0.444 e. The lowest BCUT2D eigenvalue weighted by molar-refractivity contribution is -0.119. The van der Waals surface area contributed by atoms with Crippen LogP contribution in [0.25, 0.3) is 11.1 Å². The molecule has 2 aromatic rings. The summed E-state index contributed by atoms with van der Waals surface area (Å²) in [5.74, 6) is -1.17. The van der Waals surface area contributed by atoms with Crippen molar-refractivity contribution in [1.82, 2.24) is 5.32 Å². The Hall–Kier alpha value is -2.67. The highest BCUT2D eigenvalue weighted by Crippen LogP contribution is 2.22. The van der Waals surface area contributed by atoms with Crippen LogP contribution in [0.5, 0.6) is 0 Å². The van der Waals surface area contributed by atoms with Gasteiger partial charge in [-0.2, -0.15) is 0 Å². The first kappa shape index (κ1) is 24.6. The van der Waals surface area contributed by atoms with Crippen molar-refractivity contribution in [3.8, 4) is 11.1 Å². The molecular formula is C24H31NO5S. The lowest BCUT2D eigenvalue weighted by atomic mass is 10.0. The third-order valence-electron chi connectivity index (χ3n) is 4.44. The van der Waals surface area contributed by atoms with Crippen LogP contribution < -0.4 is 5.32 Å². The van der Waals surface area contributed by atoms with Crippen molar-refractivity contribution in [2.45, 2.75) is 57.6 Å². The van der Waals surface area contributed by atoms with Gasteiger partial charge in [0.15, 0.2) is 15.6 Å². The highest BCUT2D eigenvalue weighted by Gasteiger charge is 2.29. The number of benzene rings is 2. The van der Waals surface area contributed by atoms with E-state index in [9.17, 15) is 18.0 Å². The SMILES string of the molecule is CC(C)C[C@H](NC(=O)OC(C)(C)C)C(=O)CS(=O)(=O)c1ccc(-c2ccccc2)cc1. The number of alkyl carbamates (subject to hydrolysis) is 1. The van der Waals surface area contributed by atoms with Gasteiger partial charge in [0.25, 0.3) is 0 Å². The Bertz CT molecular complexity index is 991. The number of rotatable bonds is 8. The van der Waals surface area contributed by atoms with Gasteiger partial charge >= 0.3 is 6.09 Å². The van der Waals surface area contributed by atoms with Crippen LogP contribution in [0.4, 0.5) is 4.79 Å². The van der Waals surface area contributed by atoms with Crippen molar-refractivity contribution in [3.63, 3.8) is 0 Å². The molecular weight excluding hydrogens is 414 g/mol. The van der Waals surface area contributed by atoms with E-state index in [1.165, 1.54) is 12.1 Å². The largest absolute Gasteiger partial charge is 0.444 e. The van der Waals surface area contributed by atoms with Crippen molar-refractivity contribution >= 4 is 21.7 Å². The van der Waals surface area contributed by atoms with Crippen LogP contribution >= 0.6 is 0 Å². The van der Waals surface area contributed by atoms with Gasteiger partial charge in [0, 0.05) is 0 Å². The van der Waals surface area contributed by atoms with Crippen LogP contribution in [0, 0.1) is 5.92 Å². The predicted molar refractivity (Wildman–Crippen MR) is 122 cm³/mol. The number of nitrogens with one attached hydrogen (secondary N) is 1. The van der Waals surface area contributed by atoms with Gasteiger partial charge in [-0.1, -0.05) is 56.3 Å². The second-order valence-corrected chi connectivity index (χ2v) is 10.9. The maximum Gasteiger partial charge on any atom is 0.408 e. The van der Waals surface area contributed by atoms with Crippen LogP contribution in [-0.2, 0) is 19.4 Å². The van der Waals surface area contributed by atoms with Gasteiger partial charge < -0.3 is 10.1 Å². The maximum absolute atomic E-state index is 12.8. The molecule has 7 heteroatoms. The number of amides is 1. The summed E-state index contributed by atoms with van der Waals surface area (Å²) in [5.41, 5.74) is 1.14. The van der Waals surface area contributed by atoms with Gasteiger partial charge in [0.05, 0.1) is 10.9 Å². The van der Waals surface area contributed by atoms with Crippen molar-refractivity contribution in [2.75, 3.05) is 5.75 Å². The summed E-state index contributed by atoms with van der Waals surface area (Å²) in [7, 11) is -3.85. The molecule has 0 saturated carbocycles. The van der Waals surface area contributed by atoms with E-state index < -0.39 is 39.1 Å². The van der Waals surface area contributed by atoms with E-state index in [1.54, 1.807) is 32.9 Å². The summed E-state index contributed by atoms with van der Waals surface area (Å²) in [5, 5.41) is 2.53. The summed E-state index contributed by atoms with van der Waals surface area (Å²) in [4.78, 5) is 25.0. The van der Waals surface area contributed by atoms with Crippen molar-refractivity contribution in [3.05, 3.63) is 54.6 Å². The monoisotopic (exact) mass is 445 g/mol. The Labute approximate surface area is 184 Å². The van der Waals surface area contributed by atoms with Gasteiger partial charge in [-0.05, 0) is 56.4 Å². The summed E-state index contributed by atoms with van der Waals surface area (Å²) in [6, 6.07) is 15.1. The van der Waals surface area contributed by atoms with E-state index in [4.69, 9.17) is 4.74 Å². The molecule has 2 aromatic carbocycles. The fraction of sp³-hybridized carbons (Fsp3) is 0.417. The quantitative estimate of drug-likeness (QED) is 0.640. The van der Waals surface area contributed by atoms with E-state index in [-0.39, 0.29) is 10.8 Å². The molecule has 168 valence electrons. The third kappa shape index (κ3) is 7.83. The Balaban J connectivity index is 2.14. The number of Topliss-reactive ketones (excluding diaryl/α,β-unsaturated/α-hetero) is 1. The van der Waals surface area contributed by atoms with Gasteiger partial charge in [-0.3, -0.25) is 4.79 Å². The van der Waals surface area contributed by atoms with Gasteiger partial charge in [0.2, 0.25) is 0 Å². The van der Waals surface area contributed by atoms with E-state index >= 15 is 0 Å². The Morgan fingerprint density at radius 1 is 0.935 bits per heavy atom. The van der Waals surface area contributed by atoms with E-state index in [0.717, 1.165) is 11.1 Å². The highest BCUT2D eigenvalue weighted by atomic mass is 32.2. The Kier molecular flexibility index (Phi) is 8.01. The number of ether oxygens (including phenoxy) is 1. The molecule has 31 heavy (non-hydrogen) atoms. The molecule has 0 aliphatic heterocycles. The molecule has 0 fully saturated rings. The molecule has 0 bridgehead atoms. The van der Waals surface area contributed by atoms with E-state index in [1.807, 2.05) is 44.2 Å². The van der Waals surface area contributed by atoms with Crippen molar-refractivity contribution in [2.24, 2.45) is 5.92 Å². The highest BCUT2D eigenvalue weighted by molar-refractivity contribution is 7.92. The van der Waals surface area contributed by atoms with Crippen LogP contribution in [0.1, 0.15) is 41.0 Å². The topological polar surface area (TPSA) is 89.5 Å². The lowest BCUT2D eigenvalue weighted by Gasteiger charge is -2.24. The molecule has 0 spiro atoms. The second kappa shape index (κ2) is 10.1. The van der Waals surface area contributed by atoms with Crippen LogP contribution in [0.15, 0.2) is 59.5 Å². The minimum atomic E-state index is -3.85. The predicted octanol–water partition coefficient (Wildman–Crippen LogP) is 4.64. The summed E-state index contributed by atoms with van der Waals surface area (Å²) < 4.78 is 30.9. The van der Waals surface area contributed by atoms with Crippen LogP contribution in [0.2, 0.25) is 0 Å². The standard InChI is InChI=1S/C24H31NO5S/c1-17(2)15-21(25-23(27)30-24(3,4)5)22(26)16-31(28,29)20-13-11-19(12-14-20)18-9-7-6-8-10-18/h6-14,17,21H,15-16H2,1-5H3,(H,25,27)/t21-/m0/s1. The fourth-order valence-corrected chi connectivity index (χ4v) is 4.34. The smallest absolute Gasteiger partial charge is 0.408 e. The van der Waals surface area contributed by atoms with Gasteiger partial charge in [0.1, 0.15) is 11.4 Å². The molecule has 0 heterocycles. The number of sulfone groups is 1. The van der Waals surface area contributed by atoms with E-state index in [2.05, 4.69) is 5.32 Å². The molecule has 0 unspecified atom stereocenters. The van der Waals surface area contributed by atoms with Crippen molar-refractivity contribution in [1.29, 1.82) is 0 Å². The number of hydrogen-bond acceptors (Lipinski definition) is 5. The molecule has 0 saturated heterocycles. The van der Waals surface area contributed by atoms with Crippen LogP contribution in [-0.4, -0.2) is 37.7 Å². The molecule has 1 atom stereocenters. The molecule has 1 N–H and O–H groups in total. The zero-order valence-electron chi connectivity index (χ0n) is 18.7. The van der Waals surface area contributed by atoms with E-state index in [0.29, 0.717) is 6.42 Å². The fourth-order valence-electron chi connectivity index (χ4n) is 3.05. The molecule has 0 aliphatic rings. The molecule has 1 amide bonds. The number of ketones is 1. The number of hydrogen-bond donors (Lipinski definition) is 1. The summed E-state index contributed by atoms with van der Waals surface area (Å²) in [6.07, 6.45) is -0.420. The Morgan fingerprint density at radius 3 is 2.00 bits per heavy atom. The first-order valence-electron chi connectivity index (χ1n) is 10.3.